The number of hydrogen-bond donors (Lipinski definition) is 0. The third-order valence-corrected chi connectivity index (χ3v) is 3.22. The molecule has 1 heterocycles. The molecule has 3 heteroatoms. The van der Waals surface area contributed by atoms with Gasteiger partial charge in [-0.3, -0.25) is 0 Å². The van der Waals surface area contributed by atoms with Gasteiger partial charge in [0.15, 0.2) is 0 Å². The highest BCUT2D eigenvalue weighted by Crippen LogP contribution is 2.17. The second-order valence-corrected chi connectivity index (χ2v) is 4.32. The molecule has 84 valence electrons. The highest BCUT2D eigenvalue weighted by molar-refractivity contribution is 6.18. The molecule has 1 atom stereocenters. The zero-order valence-corrected chi connectivity index (χ0v) is 9.93. The van der Waals surface area contributed by atoms with Crippen LogP contribution in [0.25, 0.3) is 0 Å². The van der Waals surface area contributed by atoms with E-state index in [0.29, 0.717) is 0 Å². The van der Waals surface area contributed by atoms with E-state index in [0.717, 1.165) is 31.4 Å². The van der Waals surface area contributed by atoms with Crippen molar-refractivity contribution in [1.82, 2.24) is 4.90 Å². The summed E-state index contributed by atoms with van der Waals surface area (Å²) in [5, 5.41) is 0. The molecule has 0 radical (unpaired) electrons. The summed E-state index contributed by atoms with van der Waals surface area (Å²) in [7, 11) is 0. The summed E-state index contributed by atoms with van der Waals surface area (Å²) in [5.74, 6) is 1.54. The first-order valence-corrected chi connectivity index (χ1v) is 6.26. The van der Waals surface area contributed by atoms with Gasteiger partial charge in [0.2, 0.25) is 0 Å². The van der Waals surface area contributed by atoms with Crippen LogP contribution in [0.15, 0.2) is 0 Å². The molecule has 1 fully saturated rings. The van der Waals surface area contributed by atoms with Crippen LogP contribution in [0.1, 0.15) is 26.2 Å². The molecular weight excluding hydrogens is 198 g/mol. The molecular formula is C11H22ClNO. The van der Waals surface area contributed by atoms with E-state index < -0.39 is 0 Å². The minimum atomic E-state index is 0.720. The average Bonchev–Trinajstić information content (AvgIpc) is 2.25. The van der Waals surface area contributed by atoms with Gasteiger partial charge in [0, 0.05) is 32.2 Å². The van der Waals surface area contributed by atoms with E-state index in [9.17, 15) is 0 Å². The molecule has 1 aliphatic heterocycles. The quantitative estimate of drug-likeness (QED) is 0.503. The number of alkyl halides is 1. The summed E-state index contributed by atoms with van der Waals surface area (Å²) in [6.45, 7) is 7.40. The monoisotopic (exact) mass is 219 g/mol. The van der Waals surface area contributed by atoms with Gasteiger partial charge in [-0.05, 0) is 38.6 Å². The van der Waals surface area contributed by atoms with Gasteiger partial charge in [0.1, 0.15) is 0 Å². The Kier molecular flexibility index (Phi) is 6.57. The predicted octanol–water partition coefficient (Wildman–Crippen LogP) is 2.36. The Morgan fingerprint density at radius 2 is 2.36 bits per heavy atom. The third-order valence-electron chi connectivity index (χ3n) is 2.79. The second kappa shape index (κ2) is 7.49. The van der Waals surface area contributed by atoms with Crippen LogP contribution in [0.3, 0.4) is 0 Å². The summed E-state index contributed by atoms with van der Waals surface area (Å²) in [6.07, 6.45) is 3.78. The van der Waals surface area contributed by atoms with Crippen LogP contribution in [0.2, 0.25) is 0 Å². The van der Waals surface area contributed by atoms with E-state index in [2.05, 4.69) is 4.90 Å². The second-order valence-electron chi connectivity index (χ2n) is 4.01. The maximum atomic E-state index is 5.88. The Bertz CT molecular complexity index is 143. The molecule has 0 aromatic rings. The van der Waals surface area contributed by atoms with E-state index in [-0.39, 0.29) is 0 Å². The first kappa shape index (κ1) is 12.3. The van der Waals surface area contributed by atoms with Gasteiger partial charge in [0.25, 0.3) is 0 Å². The number of hydrogen-bond acceptors (Lipinski definition) is 2. The smallest absolute Gasteiger partial charge is 0.0478 e. The van der Waals surface area contributed by atoms with Crippen LogP contribution >= 0.6 is 11.6 Å². The highest BCUT2D eigenvalue weighted by Gasteiger charge is 2.18. The van der Waals surface area contributed by atoms with Crippen LogP contribution in [0, 0.1) is 5.92 Å². The first-order chi connectivity index (χ1) is 6.86. The van der Waals surface area contributed by atoms with Crippen molar-refractivity contribution < 1.29 is 4.74 Å². The molecule has 14 heavy (non-hydrogen) atoms. The molecule has 0 N–H and O–H groups in total. The van der Waals surface area contributed by atoms with Crippen molar-refractivity contribution >= 4 is 11.6 Å². The topological polar surface area (TPSA) is 12.5 Å². The van der Waals surface area contributed by atoms with Crippen molar-refractivity contribution in [2.75, 3.05) is 38.7 Å². The van der Waals surface area contributed by atoms with Crippen molar-refractivity contribution in [2.45, 2.75) is 26.2 Å². The molecule has 2 nitrogen and oxygen atoms in total. The van der Waals surface area contributed by atoms with Gasteiger partial charge >= 0.3 is 0 Å². The zero-order chi connectivity index (χ0) is 10.2. The molecule has 1 unspecified atom stereocenters. The number of rotatable bonds is 6. The summed E-state index contributed by atoms with van der Waals surface area (Å²) < 4.78 is 5.32. The van der Waals surface area contributed by atoms with Crippen molar-refractivity contribution in [3.63, 3.8) is 0 Å². The van der Waals surface area contributed by atoms with Gasteiger partial charge < -0.3 is 9.64 Å². The molecule has 0 aromatic heterocycles. The molecule has 1 saturated heterocycles. The SMILES string of the molecule is CCOCCCN1CCCC(CCl)C1. The largest absolute Gasteiger partial charge is 0.382 e. The van der Waals surface area contributed by atoms with Crippen molar-refractivity contribution in [3.05, 3.63) is 0 Å². The average molecular weight is 220 g/mol. The summed E-state index contributed by atoms with van der Waals surface area (Å²) >= 11 is 5.88. The zero-order valence-electron chi connectivity index (χ0n) is 9.17. The standard InChI is InChI=1S/C11H22ClNO/c1-2-14-8-4-7-13-6-3-5-11(9-12)10-13/h11H,2-10H2,1H3. The van der Waals surface area contributed by atoms with Crippen LogP contribution in [-0.2, 0) is 4.74 Å². The lowest BCUT2D eigenvalue weighted by atomic mass is 10.00. The molecule has 0 amide bonds. The fourth-order valence-electron chi connectivity index (χ4n) is 2.01. The minimum Gasteiger partial charge on any atom is -0.382 e. The third kappa shape index (κ3) is 4.63. The fourth-order valence-corrected chi connectivity index (χ4v) is 2.27. The van der Waals surface area contributed by atoms with Crippen LogP contribution in [-0.4, -0.2) is 43.6 Å². The summed E-state index contributed by atoms with van der Waals surface area (Å²) in [4.78, 5) is 2.52. The van der Waals surface area contributed by atoms with Crippen LogP contribution in [0.5, 0.6) is 0 Å². The minimum absolute atomic E-state index is 0.720. The van der Waals surface area contributed by atoms with Crippen molar-refractivity contribution in [1.29, 1.82) is 0 Å². The molecule has 0 aromatic carbocycles. The lowest BCUT2D eigenvalue weighted by molar-refractivity contribution is 0.120. The molecule has 0 aliphatic carbocycles. The van der Waals surface area contributed by atoms with E-state index in [4.69, 9.17) is 16.3 Å². The Balaban J connectivity index is 2.05. The van der Waals surface area contributed by atoms with Gasteiger partial charge in [-0.15, -0.1) is 11.6 Å². The van der Waals surface area contributed by atoms with Crippen molar-refractivity contribution in [2.24, 2.45) is 5.92 Å². The van der Waals surface area contributed by atoms with E-state index in [1.54, 1.807) is 0 Å². The number of likely N-dealkylation sites (tertiary alicyclic amines) is 1. The number of ether oxygens (including phenoxy) is 1. The highest BCUT2D eigenvalue weighted by atomic mass is 35.5. The normalized spacial score (nSPS) is 24.0. The van der Waals surface area contributed by atoms with Gasteiger partial charge in [-0.2, -0.15) is 0 Å². The van der Waals surface area contributed by atoms with Gasteiger partial charge in [-0.1, -0.05) is 0 Å². The van der Waals surface area contributed by atoms with Gasteiger partial charge in [-0.25, -0.2) is 0 Å². The lowest BCUT2D eigenvalue weighted by Gasteiger charge is -2.31. The number of piperidine rings is 1. The lowest BCUT2D eigenvalue weighted by Crippen LogP contribution is -2.37. The van der Waals surface area contributed by atoms with E-state index in [1.807, 2.05) is 6.92 Å². The molecule has 1 aliphatic rings. The summed E-state index contributed by atoms with van der Waals surface area (Å²) in [6, 6.07) is 0. The Labute approximate surface area is 92.6 Å². The number of nitrogens with zero attached hydrogens (tertiary/aromatic N) is 1. The maximum absolute atomic E-state index is 5.88. The Hall–Kier alpha value is 0.210. The molecule has 0 spiro atoms. The molecule has 1 rings (SSSR count). The van der Waals surface area contributed by atoms with Crippen molar-refractivity contribution in [3.8, 4) is 0 Å². The van der Waals surface area contributed by atoms with Crippen LogP contribution < -0.4 is 0 Å². The van der Waals surface area contributed by atoms with E-state index in [1.165, 1.54) is 32.5 Å². The van der Waals surface area contributed by atoms with Gasteiger partial charge in [0.05, 0.1) is 0 Å². The molecule has 0 bridgehead atoms. The number of halogens is 1. The maximum Gasteiger partial charge on any atom is 0.0478 e. The first-order valence-electron chi connectivity index (χ1n) is 5.73. The van der Waals surface area contributed by atoms with Crippen LogP contribution in [0.4, 0.5) is 0 Å². The van der Waals surface area contributed by atoms with E-state index >= 15 is 0 Å². The molecule has 0 saturated carbocycles. The Morgan fingerprint density at radius 3 is 3.07 bits per heavy atom. The fraction of sp³-hybridized carbons (Fsp3) is 1.00. The summed E-state index contributed by atoms with van der Waals surface area (Å²) in [5.41, 5.74) is 0. The predicted molar refractivity (Wildman–Crippen MR) is 61.0 cm³/mol. The Morgan fingerprint density at radius 1 is 1.50 bits per heavy atom.